The van der Waals surface area contributed by atoms with Crippen LogP contribution in [0.25, 0.3) is 0 Å². The van der Waals surface area contributed by atoms with Crippen molar-refractivity contribution in [2.75, 3.05) is 20.6 Å². The van der Waals surface area contributed by atoms with E-state index in [2.05, 4.69) is 56.8 Å². The first-order valence-corrected chi connectivity index (χ1v) is 6.87. The van der Waals surface area contributed by atoms with Gasteiger partial charge in [0.05, 0.1) is 11.7 Å². The van der Waals surface area contributed by atoms with Gasteiger partial charge in [0.15, 0.2) is 5.69 Å². The van der Waals surface area contributed by atoms with Crippen LogP contribution in [-0.4, -0.2) is 46.9 Å². The number of carbonyl (C=O) groups is 1. The maximum atomic E-state index is 12.1. The summed E-state index contributed by atoms with van der Waals surface area (Å²) in [5.41, 5.74) is 3.34. The van der Waals surface area contributed by atoms with Gasteiger partial charge in [0, 0.05) is 6.54 Å². The van der Waals surface area contributed by atoms with Gasteiger partial charge in [0.1, 0.15) is 0 Å². The number of likely N-dealkylation sites (N-methyl/N-ethyl adjacent to an activating group) is 1. The van der Waals surface area contributed by atoms with Crippen molar-refractivity contribution in [3.05, 3.63) is 46.8 Å². The second kappa shape index (κ2) is 6.49. The first-order chi connectivity index (χ1) is 9.99. The number of aromatic amines is 1. The average Bonchev–Trinajstić information content (AvgIpc) is 2.86. The first kappa shape index (κ1) is 15.2. The van der Waals surface area contributed by atoms with Crippen LogP contribution in [0.15, 0.2) is 24.3 Å². The van der Waals surface area contributed by atoms with Crippen LogP contribution in [0.2, 0.25) is 0 Å². The minimum atomic E-state index is -0.208. The standard InChI is InChI=1S/C15H21N5O/c1-10-5-7-12(8-6-10)13(20(3)4)9-16-15(21)14-11(2)17-19-18-14/h5-8,13H,9H2,1-4H3,(H,16,21)(H,17,18,19)/t13-/m0/s1. The molecule has 1 aromatic carbocycles. The summed E-state index contributed by atoms with van der Waals surface area (Å²) in [5.74, 6) is -0.208. The summed E-state index contributed by atoms with van der Waals surface area (Å²) in [6.45, 7) is 4.33. The second-order valence-corrected chi connectivity index (χ2v) is 5.36. The summed E-state index contributed by atoms with van der Waals surface area (Å²) in [5, 5.41) is 13.1. The third-order valence-electron chi connectivity index (χ3n) is 3.48. The van der Waals surface area contributed by atoms with Gasteiger partial charge in [-0.15, -0.1) is 0 Å². The van der Waals surface area contributed by atoms with Crippen molar-refractivity contribution in [2.45, 2.75) is 19.9 Å². The van der Waals surface area contributed by atoms with E-state index >= 15 is 0 Å². The molecule has 0 unspecified atom stereocenters. The zero-order valence-electron chi connectivity index (χ0n) is 12.8. The Kier molecular flexibility index (Phi) is 4.70. The summed E-state index contributed by atoms with van der Waals surface area (Å²) in [7, 11) is 4.00. The molecule has 0 aliphatic carbocycles. The van der Waals surface area contributed by atoms with E-state index in [-0.39, 0.29) is 11.9 Å². The van der Waals surface area contributed by atoms with E-state index in [9.17, 15) is 4.79 Å². The van der Waals surface area contributed by atoms with E-state index in [1.807, 2.05) is 14.1 Å². The molecule has 0 saturated heterocycles. The number of hydrogen-bond acceptors (Lipinski definition) is 4. The van der Waals surface area contributed by atoms with Gasteiger partial charge in [-0.2, -0.15) is 15.4 Å². The molecule has 1 aromatic heterocycles. The van der Waals surface area contributed by atoms with Crippen LogP contribution in [0.4, 0.5) is 0 Å². The summed E-state index contributed by atoms with van der Waals surface area (Å²) in [6, 6.07) is 8.45. The molecule has 0 fully saturated rings. The predicted octanol–water partition coefficient (Wildman–Crippen LogP) is 1.45. The number of aryl methyl sites for hydroxylation is 2. The van der Waals surface area contributed by atoms with E-state index < -0.39 is 0 Å². The normalized spacial score (nSPS) is 12.4. The quantitative estimate of drug-likeness (QED) is 0.873. The molecule has 0 bridgehead atoms. The number of carbonyl (C=O) groups excluding carboxylic acids is 1. The van der Waals surface area contributed by atoms with Crippen molar-refractivity contribution in [3.8, 4) is 0 Å². The number of rotatable bonds is 5. The molecule has 6 nitrogen and oxygen atoms in total. The van der Waals surface area contributed by atoms with Crippen molar-refractivity contribution < 1.29 is 4.79 Å². The van der Waals surface area contributed by atoms with Gasteiger partial charge < -0.3 is 10.2 Å². The van der Waals surface area contributed by atoms with Gasteiger partial charge in [0.25, 0.3) is 5.91 Å². The van der Waals surface area contributed by atoms with Crippen LogP contribution in [0.5, 0.6) is 0 Å². The lowest BCUT2D eigenvalue weighted by molar-refractivity contribution is 0.0936. The van der Waals surface area contributed by atoms with Crippen molar-refractivity contribution >= 4 is 5.91 Å². The average molecular weight is 287 g/mol. The van der Waals surface area contributed by atoms with Crippen LogP contribution >= 0.6 is 0 Å². The Hall–Kier alpha value is -2.21. The van der Waals surface area contributed by atoms with E-state index in [1.54, 1.807) is 6.92 Å². The molecule has 2 aromatic rings. The zero-order valence-corrected chi connectivity index (χ0v) is 12.8. The molecule has 0 saturated carbocycles. The lowest BCUT2D eigenvalue weighted by atomic mass is 10.0. The monoisotopic (exact) mass is 287 g/mol. The van der Waals surface area contributed by atoms with Crippen LogP contribution < -0.4 is 5.32 Å². The molecule has 2 N–H and O–H groups in total. The molecular weight excluding hydrogens is 266 g/mol. The molecular formula is C15H21N5O. The van der Waals surface area contributed by atoms with Crippen LogP contribution in [0, 0.1) is 13.8 Å². The minimum absolute atomic E-state index is 0.113. The number of amides is 1. The molecule has 1 atom stereocenters. The SMILES string of the molecule is Cc1ccc([C@H](CNC(=O)c2n[nH]nc2C)N(C)C)cc1. The van der Waals surface area contributed by atoms with Crippen molar-refractivity contribution in [3.63, 3.8) is 0 Å². The Bertz CT molecular complexity index is 603. The van der Waals surface area contributed by atoms with Gasteiger partial charge in [-0.3, -0.25) is 4.79 Å². The third-order valence-corrected chi connectivity index (χ3v) is 3.48. The maximum Gasteiger partial charge on any atom is 0.273 e. The molecule has 0 aliphatic heterocycles. The number of nitrogens with one attached hydrogen (secondary N) is 2. The maximum absolute atomic E-state index is 12.1. The lowest BCUT2D eigenvalue weighted by Gasteiger charge is -2.25. The molecule has 0 aliphatic rings. The number of benzene rings is 1. The van der Waals surface area contributed by atoms with Gasteiger partial charge in [0.2, 0.25) is 0 Å². The summed E-state index contributed by atoms with van der Waals surface area (Å²) in [4.78, 5) is 14.2. The highest BCUT2D eigenvalue weighted by Gasteiger charge is 2.18. The van der Waals surface area contributed by atoms with Crippen molar-refractivity contribution in [2.24, 2.45) is 0 Å². The summed E-state index contributed by atoms with van der Waals surface area (Å²) < 4.78 is 0. The number of aromatic nitrogens is 3. The van der Waals surface area contributed by atoms with Crippen molar-refractivity contribution in [1.29, 1.82) is 0 Å². The van der Waals surface area contributed by atoms with E-state index in [1.165, 1.54) is 11.1 Å². The highest BCUT2D eigenvalue weighted by Crippen LogP contribution is 2.18. The third kappa shape index (κ3) is 3.66. The molecule has 1 amide bonds. The fourth-order valence-electron chi connectivity index (χ4n) is 2.16. The van der Waals surface area contributed by atoms with E-state index in [0.29, 0.717) is 17.9 Å². The Morgan fingerprint density at radius 2 is 1.90 bits per heavy atom. The van der Waals surface area contributed by atoms with E-state index in [4.69, 9.17) is 0 Å². The van der Waals surface area contributed by atoms with Crippen LogP contribution in [0.3, 0.4) is 0 Å². The number of H-pyrrole nitrogens is 1. The Labute approximate surface area is 124 Å². The largest absolute Gasteiger partial charge is 0.349 e. The van der Waals surface area contributed by atoms with Crippen LogP contribution in [-0.2, 0) is 0 Å². The minimum Gasteiger partial charge on any atom is -0.349 e. The summed E-state index contributed by atoms with van der Waals surface area (Å²) >= 11 is 0. The molecule has 6 heteroatoms. The van der Waals surface area contributed by atoms with Crippen LogP contribution in [0.1, 0.15) is 33.4 Å². The van der Waals surface area contributed by atoms with E-state index in [0.717, 1.165) is 0 Å². The molecule has 1 heterocycles. The van der Waals surface area contributed by atoms with Gasteiger partial charge in [-0.25, -0.2) is 0 Å². The number of nitrogens with zero attached hydrogens (tertiary/aromatic N) is 3. The lowest BCUT2D eigenvalue weighted by Crippen LogP contribution is -2.35. The molecule has 0 spiro atoms. The Morgan fingerprint density at radius 1 is 1.24 bits per heavy atom. The van der Waals surface area contributed by atoms with Gasteiger partial charge in [-0.05, 0) is 33.5 Å². The smallest absolute Gasteiger partial charge is 0.273 e. The highest BCUT2D eigenvalue weighted by molar-refractivity contribution is 5.93. The molecule has 0 radical (unpaired) electrons. The van der Waals surface area contributed by atoms with Gasteiger partial charge in [-0.1, -0.05) is 29.8 Å². The highest BCUT2D eigenvalue weighted by atomic mass is 16.2. The predicted molar refractivity (Wildman–Crippen MR) is 81.1 cm³/mol. The summed E-state index contributed by atoms with van der Waals surface area (Å²) in [6.07, 6.45) is 0. The Balaban J connectivity index is 2.06. The Morgan fingerprint density at radius 3 is 2.43 bits per heavy atom. The zero-order chi connectivity index (χ0) is 15.4. The fraction of sp³-hybridized carbons (Fsp3) is 0.400. The number of hydrogen-bond donors (Lipinski definition) is 2. The van der Waals surface area contributed by atoms with Gasteiger partial charge >= 0.3 is 0 Å². The molecule has 2 rings (SSSR count). The topological polar surface area (TPSA) is 73.9 Å². The fourth-order valence-corrected chi connectivity index (χ4v) is 2.16. The van der Waals surface area contributed by atoms with Crippen molar-refractivity contribution in [1.82, 2.24) is 25.6 Å². The molecule has 21 heavy (non-hydrogen) atoms. The molecule has 112 valence electrons. The first-order valence-electron chi connectivity index (χ1n) is 6.87. The second-order valence-electron chi connectivity index (χ2n) is 5.36.